The summed E-state index contributed by atoms with van der Waals surface area (Å²) in [5, 5.41) is -0.0915. The van der Waals surface area contributed by atoms with Crippen LogP contribution in [-0.2, 0) is 18.7 Å². The molecular formula is C28H44FN5O4Si. The van der Waals surface area contributed by atoms with Crippen LogP contribution in [0, 0.1) is 18.4 Å². The van der Waals surface area contributed by atoms with Crippen LogP contribution in [0.15, 0.2) is 6.33 Å². The molecule has 3 heterocycles. The molecule has 2 aromatic heterocycles. The van der Waals surface area contributed by atoms with E-state index in [2.05, 4.69) is 61.7 Å². The lowest BCUT2D eigenvalue weighted by molar-refractivity contribution is -0.156. The molecule has 1 aliphatic heterocycles. The summed E-state index contributed by atoms with van der Waals surface area (Å²) in [4.78, 5) is 24.3. The number of unbranched alkanes of at least 4 members (excludes halogenated alkanes) is 6. The molecule has 0 unspecified atom stereocenters. The number of aromatic nitrogens is 4. The van der Waals surface area contributed by atoms with E-state index in [0.29, 0.717) is 12.8 Å². The number of rotatable bonds is 13. The number of hydrogen-bond acceptors (Lipinski definition) is 8. The van der Waals surface area contributed by atoms with E-state index in [4.69, 9.17) is 26.1 Å². The van der Waals surface area contributed by atoms with E-state index in [9.17, 15) is 9.18 Å². The fourth-order valence-corrected chi connectivity index (χ4v) is 5.84. The van der Waals surface area contributed by atoms with Gasteiger partial charge in [-0.1, -0.05) is 72.1 Å². The lowest BCUT2D eigenvalue weighted by Gasteiger charge is -2.41. The topological polar surface area (TPSA) is 114 Å². The maximum Gasteiger partial charge on any atom is 0.312 e. The Morgan fingerprint density at radius 1 is 1.26 bits per heavy atom. The van der Waals surface area contributed by atoms with Gasteiger partial charge < -0.3 is 19.6 Å². The number of imidazole rings is 1. The predicted octanol–water partition coefficient (Wildman–Crippen LogP) is 5.91. The van der Waals surface area contributed by atoms with Crippen molar-refractivity contribution in [2.24, 2.45) is 0 Å². The van der Waals surface area contributed by atoms with Gasteiger partial charge in [0.1, 0.15) is 12.8 Å². The van der Waals surface area contributed by atoms with Crippen molar-refractivity contribution in [3.8, 4) is 12.3 Å². The number of nitrogens with zero attached hydrogens (tertiary/aromatic N) is 4. The lowest BCUT2D eigenvalue weighted by Crippen LogP contribution is -2.52. The summed E-state index contributed by atoms with van der Waals surface area (Å²) in [6, 6.07) is 0. The number of ether oxygens (including phenoxy) is 2. The van der Waals surface area contributed by atoms with E-state index in [1.165, 1.54) is 32.0 Å². The second kappa shape index (κ2) is 12.7. The van der Waals surface area contributed by atoms with Gasteiger partial charge in [0.15, 0.2) is 30.9 Å². The summed E-state index contributed by atoms with van der Waals surface area (Å²) >= 11 is 0. The molecule has 1 fully saturated rings. The van der Waals surface area contributed by atoms with Gasteiger partial charge in [-0.3, -0.25) is 9.36 Å². The van der Waals surface area contributed by atoms with Crippen molar-refractivity contribution in [3.63, 3.8) is 0 Å². The molecule has 9 nitrogen and oxygen atoms in total. The molecular weight excluding hydrogens is 517 g/mol. The van der Waals surface area contributed by atoms with Crippen LogP contribution < -0.4 is 5.73 Å². The number of esters is 1. The lowest BCUT2D eigenvalue weighted by atomic mass is 9.99. The van der Waals surface area contributed by atoms with Crippen LogP contribution in [0.2, 0.25) is 18.1 Å². The third-order valence-electron chi connectivity index (χ3n) is 7.93. The van der Waals surface area contributed by atoms with E-state index < -0.39 is 32.3 Å². The van der Waals surface area contributed by atoms with Gasteiger partial charge >= 0.3 is 12.0 Å². The second-order valence-electron chi connectivity index (χ2n) is 11.9. The fourth-order valence-electron chi connectivity index (χ4n) is 4.49. The van der Waals surface area contributed by atoms with Gasteiger partial charge in [-0.25, -0.2) is 4.98 Å². The Morgan fingerprint density at radius 3 is 2.56 bits per heavy atom. The Morgan fingerprint density at radius 2 is 1.92 bits per heavy atom. The van der Waals surface area contributed by atoms with E-state index in [1.807, 2.05) is 0 Å². The zero-order valence-electron chi connectivity index (χ0n) is 24.3. The van der Waals surface area contributed by atoms with Crippen LogP contribution in [0.5, 0.6) is 0 Å². The molecule has 0 bridgehead atoms. The van der Waals surface area contributed by atoms with Crippen LogP contribution in [-0.4, -0.2) is 52.1 Å². The molecule has 1 aliphatic rings. The van der Waals surface area contributed by atoms with Crippen molar-refractivity contribution in [1.82, 2.24) is 19.5 Å². The monoisotopic (exact) mass is 561 g/mol. The number of nitrogen functional groups attached to an aromatic ring is 1. The van der Waals surface area contributed by atoms with Gasteiger partial charge in [0.05, 0.1) is 12.4 Å². The van der Waals surface area contributed by atoms with Gasteiger partial charge in [-0.15, -0.1) is 6.42 Å². The number of terminal acetylenes is 1. The molecule has 0 saturated carbocycles. The van der Waals surface area contributed by atoms with Crippen LogP contribution in [0.3, 0.4) is 0 Å². The van der Waals surface area contributed by atoms with Crippen LogP contribution in [0.25, 0.3) is 11.2 Å². The molecule has 0 amide bonds. The Kier molecular flexibility index (Phi) is 10.1. The number of anilines is 1. The molecule has 2 aromatic rings. The first-order valence-electron chi connectivity index (χ1n) is 14.0. The summed E-state index contributed by atoms with van der Waals surface area (Å²) in [6.45, 7) is 12.7. The Bertz CT molecular complexity index is 1180. The number of hydrogen-bond donors (Lipinski definition) is 1. The normalized spacial score (nSPS) is 21.8. The Labute approximate surface area is 232 Å². The smallest absolute Gasteiger partial charge is 0.312 e. The summed E-state index contributed by atoms with van der Waals surface area (Å²) in [6.07, 6.45) is 13.7. The molecule has 0 aromatic carbocycles. The molecule has 3 atom stereocenters. The first kappa shape index (κ1) is 31.0. The largest absolute Gasteiger partial charge is 0.461 e. The van der Waals surface area contributed by atoms with Crippen molar-refractivity contribution in [2.45, 2.75) is 122 Å². The molecule has 216 valence electrons. The Hall–Kier alpha value is -2.55. The first-order valence-corrected chi connectivity index (χ1v) is 16.9. The Balaban J connectivity index is 1.77. The zero-order chi connectivity index (χ0) is 28.8. The fraction of sp³-hybridized carbons (Fsp3) is 0.714. The van der Waals surface area contributed by atoms with Crippen molar-refractivity contribution in [1.29, 1.82) is 0 Å². The summed E-state index contributed by atoms with van der Waals surface area (Å²) in [5.74, 6) is 2.37. The maximum absolute atomic E-state index is 14.0. The molecule has 0 spiro atoms. The molecule has 2 N–H and O–H groups in total. The predicted molar refractivity (Wildman–Crippen MR) is 152 cm³/mol. The van der Waals surface area contributed by atoms with Crippen molar-refractivity contribution in [3.05, 3.63) is 12.4 Å². The average molecular weight is 562 g/mol. The number of carbonyl (C=O) groups is 1. The van der Waals surface area contributed by atoms with E-state index in [0.717, 1.165) is 19.3 Å². The molecule has 0 radical (unpaired) electrons. The quantitative estimate of drug-likeness (QED) is 0.105. The molecule has 1 saturated heterocycles. The maximum atomic E-state index is 14.0. The van der Waals surface area contributed by atoms with Gasteiger partial charge in [-0.05, 0) is 24.6 Å². The minimum absolute atomic E-state index is 0.0640. The third kappa shape index (κ3) is 7.35. The highest BCUT2D eigenvalue weighted by atomic mass is 28.4. The summed E-state index contributed by atoms with van der Waals surface area (Å²) in [5.41, 5.74) is 4.98. The number of carbonyl (C=O) groups excluding carboxylic acids is 1. The van der Waals surface area contributed by atoms with Gasteiger partial charge in [-0.2, -0.15) is 14.4 Å². The molecule has 3 rings (SSSR count). The van der Waals surface area contributed by atoms with Gasteiger partial charge in [0, 0.05) is 12.8 Å². The standard InChI is InChI=1S/C28H44FN5O4Si/c1-8-10-11-12-13-14-15-16-22(35)36-18-28(9-2)20(38-39(6,7)27(3,4)5)17-21(37-28)34-19-31-23-24(30)32-26(29)33-25(23)34/h2,19-21H,8,10-18H2,1,3-7H3,(H2,30,32,33)/t20-,21+,28+/m0/s1. The highest BCUT2D eigenvalue weighted by Gasteiger charge is 2.54. The number of halogens is 1. The minimum Gasteiger partial charge on any atom is -0.461 e. The number of fused-ring (bicyclic) bond motifs is 1. The van der Waals surface area contributed by atoms with E-state index in [-0.39, 0.29) is 34.6 Å². The van der Waals surface area contributed by atoms with Crippen LogP contribution >= 0.6 is 0 Å². The van der Waals surface area contributed by atoms with Gasteiger partial charge in [0.2, 0.25) is 0 Å². The summed E-state index contributed by atoms with van der Waals surface area (Å²) < 4.78 is 34.4. The third-order valence-corrected chi connectivity index (χ3v) is 12.4. The average Bonchev–Trinajstić information content (AvgIpc) is 3.43. The molecule has 0 aliphatic carbocycles. The van der Waals surface area contributed by atoms with Crippen molar-refractivity contribution >= 4 is 31.3 Å². The van der Waals surface area contributed by atoms with Crippen LogP contribution in [0.1, 0.15) is 91.7 Å². The molecule has 39 heavy (non-hydrogen) atoms. The second-order valence-corrected chi connectivity index (χ2v) is 16.7. The number of nitrogens with two attached hydrogens (primary N) is 1. The highest BCUT2D eigenvalue weighted by Crippen LogP contribution is 2.45. The van der Waals surface area contributed by atoms with E-state index >= 15 is 0 Å². The van der Waals surface area contributed by atoms with E-state index in [1.54, 1.807) is 4.57 Å². The molecule has 11 heteroatoms. The highest BCUT2D eigenvalue weighted by molar-refractivity contribution is 6.74. The SMILES string of the molecule is C#C[C@]1(COC(=O)CCCCCCCCC)O[C@@H](n2cnc3c(N)nc(F)nc32)C[C@@H]1O[Si](C)(C)C(C)(C)C. The van der Waals surface area contributed by atoms with Crippen molar-refractivity contribution < 1.29 is 23.1 Å². The summed E-state index contributed by atoms with van der Waals surface area (Å²) in [7, 11) is -2.30. The van der Waals surface area contributed by atoms with Gasteiger partial charge in [0.25, 0.3) is 0 Å². The first-order chi connectivity index (χ1) is 18.3. The van der Waals surface area contributed by atoms with Crippen molar-refractivity contribution in [2.75, 3.05) is 12.3 Å². The van der Waals surface area contributed by atoms with Crippen LogP contribution in [0.4, 0.5) is 10.2 Å². The minimum atomic E-state index is -2.30. The zero-order valence-corrected chi connectivity index (χ0v) is 25.3.